The van der Waals surface area contributed by atoms with Gasteiger partial charge in [0.2, 0.25) is 5.91 Å². The van der Waals surface area contributed by atoms with Gasteiger partial charge in [0.15, 0.2) is 0 Å². The van der Waals surface area contributed by atoms with Crippen molar-refractivity contribution in [2.45, 2.75) is 97.4 Å². The fourth-order valence-electron chi connectivity index (χ4n) is 2.29. The molecule has 25 heavy (non-hydrogen) atoms. The summed E-state index contributed by atoms with van der Waals surface area (Å²) in [7, 11) is 0. The van der Waals surface area contributed by atoms with Gasteiger partial charge in [-0.3, -0.25) is 10.0 Å². The summed E-state index contributed by atoms with van der Waals surface area (Å²) in [5.41, 5.74) is 1.65. The smallest absolute Gasteiger partial charge is 0.548 e. The maximum Gasteiger partial charge on any atom is 1.00 e. The Labute approximate surface area is 175 Å². The average molecular weight is 368 g/mol. The first-order valence-corrected chi connectivity index (χ1v) is 9.40. The molecule has 0 aromatic heterocycles. The summed E-state index contributed by atoms with van der Waals surface area (Å²) in [5.74, 6) is -1.28. The van der Waals surface area contributed by atoms with Gasteiger partial charge in [0.25, 0.3) is 0 Å². The molecule has 7 heteroatoms. The van der Waals surface area contributed by atoms with Crippen LogP contribution in [0.25, 0.3) is 0 Å². The zero-order chi connectivity index (χ0) is 18.6. The van der Waals surface area contributed by atoms with Crippen molar-refractivity contribution < 1.29 is 49.5 Å². The second-order valence-corrected chi connectivity index (χ2v) is 5.95. The number of likely N-dealkylation sites (N-methyl/N-ethyl adjacent to an activating group) is 1. The van der Waals surface area contributed by atoms with Crippen LogP contribution >= 0.6 is 0 Å². The van der Waals surface area contributed by atoms with E-state index in [9.17, 15) is 14.7 Å². The summed E-state index contributed by atoms with van der Waals surface area (Å²) in [6, 6.07) is -0.477. The van der Waals surface area contributed by atoms with Gasteiger partial charge in [-0.25, -0.2) is 5.48 Å². The summed E-state index contributed by atoms with van der Waals surface area (Å²) >= 11 is 0. The minimum Gasteiger partial charge on any atom is -0.548 e. The molecular weight excluding hydrogens is 331 g/mol. The van der Waals surface area contributed by atoms with Crippen molar-refractivity contribution in [3.8, 4) is 0 Å². The van der Waals surface area contributed by atoms with Crippen molar-refractivity contribution in [3.63, 3.8) is 0 Å². The van der Waals surface area contributed by atoms with E-state index in [0.717, 1.165) is 12.8 Å². The molecule has 1 unspecified atom stereocenters. The molecule has 0 aliphatic heterocycles. The molecule has 1 atom stereocenters. The molecule has 0 aromatic rings. The van der Waals surface area contributed by atoms with Gasteiger partial charge in [-0.15, -0.1) is 0 Å². The van der Waals surface area contributed by atoms with Crippen LogP contribution in [-0.4, -0.2) is 29.7 Å². The van der Waals surface area contributed by atoms with Crippen molar-refractivity contribution in [1.82, 2.24) is 10.8 Å². The quantitative estimate of drug-likeness (QED) is 0.167. The Morgan fingerprint density at radius 2 is 1.40 bits per heavy atom. The number of aliphatic carboxylic acids is 1. The number of carbonyl (C=O) groups excluding carboxylic acids is 2. The molecule has 6 nitrogen and oxygen atoms in total. The molecular formula is C18H37N2NaO4. The Bertz CT molecular complexity index is 305. The number of hydroxylamine groups is 1. The molecule has 0 spiro atoms. The third-order valence-corrected chi connectivity index (χ3v) is 3.78. The molecule has 0 saturated carbocycles. The van der Waals surface area contributed by atoms with E-state index in [2.05, 4.69) is 12.2 Å². The first-order valence-electron chi connectivity index (χ1n) is 9.40. The van der Waals surface area contributed by atoms with Gasteiger partial charge in [-0.2, -0.15) is 0 Å². The van der Waals surface area contributed by atoms with E-state index in [1.165, 1.54) is 44.9 Å². The fourth-order valence-corrected chi connectivity index (χ4v) is 2.29. The maximum atomic E-state index is 10.7. The number of rotatable bonds is 14. The monoisotopic (exact) mass is 368 g/mol. The van der Waals surface area contributed by atoms with Crippen LogP contribution in [0.3, 0.4) is 0 Å². The summed E-state index contributed by atoms with van der Waals surface area (Å²) in [6.07, 6.45) is 12.2. The van der Waals surface area contributed by atoms with Crippen molar-refractivity contribution in [2.75, 3.05) is 6.54 Å². The third kappa shape index (κ3) is 23.9. The predicted octanol–water partition coefficient (Wildman–Crippen LogP) is -0.459. The van der Waals surface area contributed by atoms with Crippen molar-refractivity contribution in [1.29, 1.82) is 0 Å². The van der Waals surface area contributed by atoms with Gasteiger partial charge in [0.05, 0.1) is 5.97 Å². The van der Waals surface area contributed by atoms with Crippen LogP contribution in [0.1, 0.15) is 91.4 Å². The second-order valence-electron chi connectivity index (χ2n) is 5.95. The van der Waals surface area contributed by atoms with Crippen LogP contribution in [0.2, 0.25) is 0 Å². The molecule has 0 bridgehead atoms. The van der Waals surface area contributed by atoms with Crippen molar-refractivity contribution in [3.05, 3.63) is 0 Å². The minimum atomic E-state index is -1.01. The zero-order valence-corrected chi connectivity index (χ0v) is 18.7. The Kier molecular flexibility index (Phi) is 28.3. The van der Waals surface area contributed by atoms with E-state index < -0.39 is 12.0 Å². The Balaban J connectivity index is -0.000000418. The van der Waals surface area contributed by atoms with Crippen LogP contribution in [0.15, 0.2) is 0 Å². The normalized spacial score (nSPS) is 10.9. The van der Waals surface area contributed by atoms with Gasteiger partial charge in [0.1, 0.15) is 0 Å². The summed E-state index contributed by atoms with van der Waals surface area (Å²) in [4.78, 5) is 20.8. The Morgan fingerprint density at radius 1 is 0.920 bits per heavy atom. The first kappa shape index (κ1) is 29.6. The average Bonchev–Trinajstić information content (AvgIpc) is 2.58. The molecule has 0 radical (unpaired) electrons. The second kappa shape index (κ2) is 23.9. The van der Waals surface area contributed by atoms with Crippen LogP contribution in [0.5, 0.6) is 0 Å². The Hall–Kier alpha value is -0.140. The van der Waals surface area contributed by atoms with E-state index in [1.807, 2.05) is 13.8 Å². The summed E-state index contributed by atoms with van der Waals surface area (Å²) < 4.78 is 0. The minimum absolute atomic E-state index is 0. The molecule has 3 N–H and O–H groups in total. The van der Waals surface area contributed by atoms with Crippen molar-refractivity contribution in [2.24, 2.45) is 0 Å². The number of unbranched alkanes of at least 4 members (excludes halogenated alkanes) is 8. The van der Waals surface area contributed by atoms with E-state index in [-0.39, 0.29) is 35.5 Å². The van der Waals surface area contributed by atoms with Crippen LogP contribution in [0.4, 0.5) is 0 Å². The molecule has 0 heterocycles. The zero-order valence-electron chi connectivity index (χ0n) is 16.7. The third-order valence-electron chi connectivity index (χ3n) is 3.78. The number of hydrogen-bond donors (Lipinski definition) is 3. The van der Waals surface area contributed by atoms with Gasteiger partial charge in [-0.05, 0) is 19.4 Å². The predicted molar refractivity (Wildman–Crippen MR) is 94.5 cm³/mol. The molecule has 0 rings (SSSR count). The Morgan fingerprint density at radius 3 is 1.72 bits per heavy atom. The summed E-state index contributed by atoms with van der Waals surface area (Å²) in [6.45, 7) is 6.58. The number of amides is 1. The van der Waals surface area contributed by atoms with Crippen LogP contribution in [-0.2, 0) is 9.59 Å². The number of carboxylic acids is 1. The van der Waals surface area contributed by atoms with Crippen LogP contribution in [0, 0.1) is 0 Å². The van der Waals surface area contributed by atoms with Crippen molar-refractivity contribution >= 4 is 11.9 Å². The SMILES string of the molecule is CCCCCCCCCCCC(=O)NO.CCNC(CC)C(=O)[O-].[Na+]. The van der Waals surface area contributed by atoms with E-state index in [4.69, 9.17) is 5.21 Å². The first-order chi connectivity index (χ1) is 11.5. The van der Waals surface area contributed by atoms with Gasteiger partial charge in [0, 0.05) is 12.5 Å². The maximum absolute atomic E-state index is 10.7. The van der Waals surface area contributed by atoms with E-state index in [1.54, 1.807) is 5.48 Å². The topological polar surface area (TPSA) is 101 Å². The molecule has 0 aromatic carbocycles. The molecule has 0 aliphatic rings. The standard InChI is InChI=1S/C12H25NO2.C6H13NO2.Na/c1-2-3-4-5-6-7-8-9-10-11-12(14)13-15;1-3-5(6(8)9)7-4-2;/h15H,2-11H2,1H3,(H,13,14);5,7H,3-4H2,1-2H3,(H,8,9);/q;;+1/p-1. The number of carbonyl (C=O) groups is 2. The number of nitrogens with one attached hydrogen (secondary N) is 2. The molecule has 0 fully saturated rings. The van der Waals surface area contributed by atoms with Crippen LogP contribution < -0.4 is 45.5 Å². The summed E-state index contributed by atoms with van der Waals surface area (Å²) in [5, 5.41) is 21.2. The van der Waals surface area contributed by atoms with E-state index >= 15 is 0 Å². The van der Waals surface area contributed by atoms with Gasteiger partial charge < -0.3 is 15.2 Å². The largest absolute Gasteiger partial charge is 1.00 e. The molecule has 0 aliphatic carbocycles. The molecule has 144 valence electrons. The number of carboxylic acid groups (broad SMARTS) is 1. The number of hydrogen-bond acceptors (Lipinski definition) is 5. The van der Waals surface area contributed by atoms with E-state index in [0.29, 0.717) is 19.4 Å². The molecule has 1 amide bonds. The molecule has 0 saturated heterocycles. The van der Waals surface area contributed by atoms with Gasteiger partial charge >= 0.3 is 29.6 Å². The fraction of sp³-hybridized carbons (Fsp3) is 0.889. The van der Waals surface area contributed by atoms with Gasteiger partial charge in [-0.1, -0.05) is 72.1 Å².